The first-order chi connectivity index (χ1) is 13.5. The molecular weight excluding hydrogens is 737 g/mol. The van der Waals surface area contributed by atoms with Gasteiger partial charge in [-0.05, 0) is 24.3 Å². The van der Waals surface area contributed by atoms with Gasteiger partial charge in [0.1, 0.15) is 0 Å². The van der Waals surface area contributed by atoms with Gasteiger partial charge in [-0.1, -0.05) is 36.4 Å². The van der Waals surface area contributed by atoms with Gasteiger partial charge < -0.3 is 10.2 Å². The molecule has 2 unspecified atom stereocenters. The molecule has 0 spiro atoms. The molecule has 2 aromatic carbocycles. The first kappa shape index (κ1) is 25.2. The zero-order valence-corrected chi connectivity index (χ0v) is 26.7. The van der Waals surface area contributed by atoms with Gasteiger partial charge >= 0.3 is 107 Å². The molecule has 2 N–H and O–H groups in total. The fourth-order valence-electron chi connectivity index (χ4n) is 2.15. The molecule has 142 valence electrons. The Morgan fingerprint density at radius 2 is 1.14 bits per heavy atom. The number of ether oxygens (including phenoxy) is 2. The Labute approximate surface area is 197 Å². The summed E-state index contributed by atoms with van der Waals surface area (Å²) in [5.41, 5.74) is 0.662. The predicted molar refractivity (Wildman–Crippen MR) is 95.9 cm³/mol. The van der Waals surface area contributed by atoms with Crippen molar-refractivity contribution in [2.45, 2.75) is 20.1 Å². The van der Waals surface area contributed by atoms with Crippen molar-refractivity contribution in [3.63, 3.8) is 0 Å². The molecule has 0 aromatic heterocycles. The average Bonchev–Trinajstić information content (AvgIpc) is 2.76. The van der Waals surface area contributed by atoms with Crippen LogP contribution >= 0.6 is 0 Å². The SMILES string of the molecule is O=C(O)c1ccccc1.O=C(O)c1ccccc1.[Hg][CH2]C1COCC([CH2][Hg])O1. The molecule has 1 saturated heterocycles. The third-order valence-electron chi connectivity index (χ3n) is 3.68. The van der Waals surface area contributed by atoms with Crippen LogP contribution in [0.3, 0.4) is 0 Å². The zero-order chi connectivity index (χ0) is 20.8. The Kier molecular flexibility index (Phi) is 13.6. The molecule has 0 amide bonds. The van der Waals surface area contributed by atoms with Gasteiger partial charge in [0, 0.05) is 0 Å². The zero-order valence-electron chi connectivity index (χ0n) is 15.7. The summed E-state index contributed by atoms with van der Waals surface area (Å²) in [5.74, 6) is -1.76. The second-order valence-corrected chi connectivity index (χ2v) is 10.3. The number of carboxylic acid groups (broad SMARTS) is 2. The molecule has 1 heterocycles. The van der Waals surface area contributed by atoms with E-state index in [0.29, 0.717) is 23.3 Å². The Bertz CT molecular complexity index is 637. The minimum atomic E-state index is -0.879. The summed E-state index contributed by atoms with van der Waals surface area (Å²) < 4.78 is 13.7. The summed E-state index contributed by atoms with van der Waals surface area (Å²) >= 11 is 1.74. The van der Waals surface area contributed by atoms with Crippen LogP contribution in [0.25, 0.3) is 0 Å². The molecule has 3 rings (SSSR count). The number of hydrogen-bond acceptors (Lipinski definition) is 4. The van der Waals surface area contributed by atoms with Crippen molar-refractivity contribution in [1.82, 2.24) is 0 Å². The number of carboxylic acids is 2. The maximum absolute atomic E-state index is 10.2. The van der Waals surface area contributed by atoms with E-state index in [4.69, 9.17) is 19.7 Å². The summed E-state index contributed by atoms with van der Waals surface area (Å²) in [6.45, 7) is 1.71. The van der Waals surface area contributed by atoms with Crippen LogP contribution in [0.1, 0.15) is 20.7 Å². The molecule has 0 bridgehead atoms. The van der Waals surface area contributed by atoms with Crippen molar-refractivity contribution in [3.8, 4) is 0 Å². The normalized spacial score (nSPS) is 18.0. The summed E-state index contributed by atoms with van der Waals surface area (Å²) in [4.78, 5) is 20.4. The standard InChI is InChI=1S/2C7H6O2.C6H10O2.2Hg/c2*8-7(9)6-4-2-1-3-5-6;1-5-3-7-4-6(2)8-5;;/h2*1-5H,(H,8,9);5-6H,1-4H2;;. The molecule has 1 aliphatic heterocycles. The molecule has 1 aliphatic rings. The van der Waals surface area contributed by atoms with Crippen LogP contribution in [0.15, 0.2) is 60.7 Å². The quantitative estimate of drug-likeness (QED) is 0.465. The topological polar surface area (TPSA) is 93.1 Å². The van der Waals surface area contributed by atoms with Gasteiger partial charge in [0.05, 0.1) is 11.1 Å². The monoisotopic (exact) mass is 762 g/mol. The maximum atomic E-state index is 10.2. The third kappa shape index (κ3) is 10.6. The first-order valence-corrected chi connectivity index (χ1v) is 16.6. The fraction of sp³-hybridized carbons (Fsp3) is 0.300. The van der Waals surface area contributed by atoms with E-state index in [2.05, 4.69) is 0 Å². The van der Waals surface area contributed by atoms with Crippen molar-refractivity contribution >= 4 is 11.9 Å². The van der Waals surface area contributed by atoms with Crippen LogP contribution in [-0.4, -0.2) is 47.6 Å². The van der Waals surface area contributed by atoms with E-state index < -0.39 is 11.9 Å². The third-order valence-corrected chi connectivity index (χ3v) is 8.68. The molecule has 0 aliphatic carbocycles. The van der Waals surface area contributed by atoms with Gasteiger partial charge in [-0.3, -0.25) is 0 Å². The number of aromatic carboxylic acids is 2. The van der Waals surface area contributed by atoms with Gasteiger partial charge in [-0.25, -0.2) is 9.59 Å². The van der Waals surface area contributed by atoms with Gasteiger partial charge in [-0.2, -0.15) is 0 Å². The predicted octanol–water partition coefficient (Wildman–Crippen LogP) is 3.47. The summed E-state index contributed by atoms with van der Waals surface area (Å²) in [6, 6.07) is 16.6. The van der Waals surface area contributed by atoms with Gasteiger partial charge in [0.2, 0.25) is 0 Å². The molecular formula is C20H22Hg2O6. The first-order valence-electron chi connectivity index (χ1n) is 8.86. The van der Waals surface area contributed by atoms with Crippen molar-refractivity contribution in [2.24, 2.45) is 0 Å². The minimum absolute atomic E-state index is 0.331. The molecule has 6 nitrogen and oxygen atoms in total. The average molecular weight is 760 g/mol. The van der Waals surface area contributed by atoms with Crippen LogP contribution in [0.2, 0.25) is 7.86 Å². The molecule has 28 heavy (non-hydrogen) atoms. The molecule has 2 aromatic rings. The van der Waals surface area contributed by atoms with Gasteiger partial charge in [-0.15, -0.1) is 0 Å². The van der Waals surface area contributed by atoms with E-state index in [-0.39, 0.29) is 0 Å². The van der Waals surface area contributed by atoms with Crippen molar-refractivity contribution < 1.29 is 81.5 Å². The molecule has 8 heteroatoms. The van der Waals surface area contributed by atoms with E-state index in [0.717, 1.165) is 65.5 Å². The van der Waals surface area contributed by atoms with Gasteiger partial charge in [0.25, 0.3) is 0 Å². The fourth-order valence-corrected chi connectivity index (χ4v) is 4.50. The molecule has 0 saturated carbocycles. The van der Waals surface area contributed by atoms with E-state index >= 15 is 0 Å². The number of hydrogen-bond donors (Lipinski definition) is 2. The Morgan fingerprint density at radius 3 is 1.39 bits per heavy atom. The van der Waals surface area contributed by atoms with Crippen LogP contribution in [0, 0.1) is 0 Å². The molecule has 1 fully saturated rings. The van der Waals surface area contributed by atoms with Crippen molar-refractivity contribution in [2.75, 3.05) is 13.2 Å². The van der Waals surface area contributed by atoms with Crippen molar-refractivity contribution in [3.05, 3.63) is 71.8 Å². The second-order valence-electron chi connectivity index (χ2n) is 5.84. The number of benzene rings is 2. The summed E-state index contributed by atoms with van der Waals surface area (Å²) in [6.07, 6.45) is 0.927. The number of carbonyl (C=O) groups is 2. The van der Waals surface area contributed by atoms with Crippen LogP contribution in [-0.2, 0) is 61.7 Å². The summed E-state index contributed by atoms with van der Waals surface area (Å²) in [7, 11) is 0. The Balaban J connectivity index is 0.000000210. The van der Waals surface area contributed by atoms with E-state index in [1.54, 1.807) is 60.7 Å². The second kappa shape index (κ2) is 15.1. The van der Waals surface area contributed by atoms with Crippen molar-refractivity contribution in [1.29, 1.82) is 0 Å². The summed E-state index contributed by atoms with van der Waals surface area (Å²) in [5, 5.41) is 16.8. The van der Waals surface area contributed by atoms with Gasteiger partial charge in [0.15, 0.2) is 0 Å². The van der Waals surface area contributed by atoms with Crippen LogP contribution in [0.5, 0.6) is 0 Å². The van der Waals surface area contributed by atoms with E-state index in [1.165, 1.54) is 7.86 Å². The molecule has 2 atom stereocenters. The Morgan fingerprint density at radius 1 is 0.786 bits per heavy atom. The molecule has 0 radical (unpaired) electrons. The number of rotatable bonds is 4. The van der Waals surface area contributed by atoms with Crippen LogP contribution in [0.4, 0.5) is 0 Å². The van der Waals surface area contributed by atoms with E-state index in [9.17, 15) is 9.59 Å². The van der Waals surface area contributed by atoms with E-state index in [1.807, 2.05) is 0 Å². The Hall–Kier alpha value is -0.830. The van der Waals surface area contributed by atoms with Crippen LogP contribution < -0.4 is 0 Å².